The van der Waals surface area contributed by atoms with Gasteiger partial charge in [0.2, 0.25) is 10.0 Å². The normalized spacial score (nSPS) is 11.4. The first kappa shape index (κ1) is 48.8. The van der Waals surface area contributed by atoms with E-state index in [1.165, 1.54) is 47.7 Å². The van der Waals surface area contributed by atoms with Gasteiger partial charge in [0.25, 0.3) is 11.1 Å². The third-order valence-electron chi connectivity index (χ3n) is 8.23. The Hall–Kier alpha value is -5.61. The molecule has 0 aliphatic rings. The second-order valence-corrected chi connectivity index (χ2v) is 15.9. The first-order valence-electron chi connectivity index (χ1n) is 16.8. The topological polar surface area (TPSA) is 299 Å². The fourth-order valence-corrected chi connectivity index (χ4v) is 6.74. The fourth-order valence-electron chi connectivity index (χ4n) is 5.17. The van der Waals surface area contributed by atoms with Gasteiger partial charge in [-0.3, -0.25) is 19.8 Å². The predicted molar refractivity (Wildman–Crippen MR) is 206 cm³/mol. The van der Waals surface area contributed by atoms with E-state index in [0.717, 1.165) is 16.9 Å². The zero-order valence-corrected chi connectivity index (χ0v) is 37.3. The number of carboxylic acid groups (broad SMARTS) is 2. The minimum Gasteiger partial charge on any atom is -0.545 e. The van der Waals surface area contributed by atoms with Crippen molar-refractivity contribution >= 4 is 54.7 Å². The number of aryl methyl sites for hydroxylation is 2. The smallest absolute Gasteiger partial charge is 0.545 e. The number of H-pyrrole nitrogens is 2. The van der Waals surface area contributed by atoms with E-state index in [4.69, 9.17) is 0 Å². The molecule has 60 heavy (non-hydrogen) atoms. The van der Waals surface area contributed by atoms with E-state index in [1.807, 2.05) is 12.1 Å². The van der Waals surface area contributed by atoms with E-state index in [0.29, 0.717) is 22.8 Å². The number of carbonyl (C=O) groups excluding carboxylic acids is 1. The van der Waals surface area contributed by atoms with Gasteiger partial charge in [-0.15, -0.1) is 20.5 Å². The molecule has 20 nitrogen and oxygen atoms in total. The molecule has 6 N–H and O–H groups in total. The summed E-state index contributed by atoms with van der Waals surface area (Å²) in [5.74, 6) is -2.99. The number of carboxylic acids is 2. The first-order chi connectivity index (χ1) is 27.5. The van der Waals surface area contributed by atoms with Crippen molar-refractivity contribution in [3.05, 3.63) is 140 Å². The molecule has 0 amide bonds. The molecule has 0 saturated heterocycles. The average Bonchev–Trinajstić information content (AvgIpc) is 3.67. The molecule has 0 aliphatic heterocycles. The number of aromatic carboxylic acids is 2. The Kier molecular flexibility index (Phi) is 16.7. The summed E-state index contributed by atoms with van der Waals surface area (Å²) in [5, 5.41) is 42.1. The number of benzene rings is 4. The Bertz CT molecular complexity index is 2730. The number of aromatic nitrogens is 4. The van der Waals surface area contributed by atoms with Crippen LogP contribution in [0.4, 0.5) is 22.7 Å². The second kappa shape index (κ2) is 20.6. The minimum absolute atomic E-state index is 0. The van der Waals surface area contributed by atoms with Gasteiger partial charge in [-0.25, -0.2) is 32.0 Å². The summed E-state index contributed by atoms with van der Waals surface area (Å²) < 4.78 is 53.3. The number of para-hydroxylation sites is 2. The summed E-state index contributed by atoms with van der Waals surface area (Å²) >= 11 is 0. The van der Waals surface area contributed by atoms with E-state index < -0.39 is 48.7 Å². The number of hydrogen-bond acceptors (Lipinski definition) is 13. The minimum atomic E-state index is -3.85. The number of carbonyl (C=O) groups is 2. The molecule has 0 fully saturated rings. The summed E-state index contributed by atoms with van der Waals surface area (Å²) in [5.41, 5.74) is 0.133. The number of nitrogens with one attached hydrogen (secondary N) is 3. The predicted octanol–water partition coefficient (Wildman–Crippen LogP) is -0.368. The Morgan fingerprint density at radius 1 is 0.700 bits per heavy atom. The van der Waals surface area contributed by atoms with Crippen molar-refractivity contribution in [1.82, 2.24) is 24.3 Å². The summed E-state index contributed by atoms with van der Waals surface area (Å²) in [4.78, 5) is 47.8. The van der Waals surface area contributed by atoms with Gasteiger partial charge in [0, 0.05) is 22.9 Å². The number of primary sulfonamides is 1. The van der Waals surface area contributed by atoms with Crippen LogP contribution in [0.3, 0.4) is 0 Å². The number of sulfonamides is 2. The Balaban J connectivity index is 0.000000310. The number of nitrogens with zero attached hydrogens (tertiary/aromatic N) is 6. The molecule has 24 heteroatoms. The molecule has 6 aromatic rings. The SMILES string of the molecule is CNS(=O)(=O)c1ccc(N=Nc2c(C)[nH]n(-c3ccccc3)c2=O)c(C(=O)[O-])c1.C[NH2+]S(=O)(=O)c1ccc(N=Nc2c(C)[nH]n(-c3ccccc3)c2=O)c(C(=O)O)c1.[Cr].[Na+]. The molecule has 0 bridgehead atoms. The maximum Gasteiger partial charge on any atom is 1.00 e. The van der Waals surface area contributed by atoms with Crippen LogP contribution in [0, 0.1) is 13.8 Å². The van der Waals surface area contributed by atoms with E-state index >= 15 is 0 Å². The van der Waals surface area contributed by atoms with Crippen LogP contribution < -0.4 is 55.2 Å². The Morgan fingerprint density at radius 3 is 1.52 bits per heavy atom. The molecule has 0 radical (unpaired) electrons. The van der Waals surface area contributed by atoms with Crippen molar-refractivity contribution in [2.45, 2.75) is 23.6 Å². The maximum atomic E-state index is 12.6. The van der Waals surface area contributed by atoms with Gasteiger partial charge in [-0.1, -0.05) is 36.4 Å². The zero-order valence-electron chi connectivity index (χ0n) is 32.3. The molecular formula is C36H34CrN10NaO10S2+. The van der Waals surface area contributed by atoms with E-state index in [2.05, 4.69) is 35.4 Å². The van der Waals surface area contributed by atoms with E-state index in [1.54, 1.807) is 62.4 Å². The standard InChI is InChI=1S/2C18H17N5O5S.Cr.Na/c2*1-11-16(17(24)23(22-11)12-6-4-3-5-7-12)21-20-15-9-8-13(29(27,28)19-2)10-14(15)18(25)26;;/h2*3-10,19,22H,1-2H3,(H,25,26);;/q;;;+1. The van der Waals surface area contributed by atoms with Crippen molar-refractivity contribution in [1.29, 1.82) is 0 Å². The summed E-state index contributed by atoms with van der Waals surface area (Å²) in [6, 6.07) is 24.4. The van der Waals surface area contributed by atoms with Crippen molar-refractivity contribution in [2.75, 3.05) is 14.1 Å². The Morgan fingerprint density at radius 2 is 1.12 bits per heavy atom. The summed E-state index contributed by atoms with van der Waals surface area (Å²) in [7, 11) is -5.00. The molecule has 306 valence electrons. The van der Waals surface area contributed by atoms with Gasteiger partial charge in [-0.2, -0.15) is 8.42 Å². The molecule has 0 atom stereocenters. The number of aromatic amines is 2. The van der Waals surface area contributed by atoms with Gasteiger partial charge < -0.3 is 15.0 Å². The van der Waals surface area contributed by atoms with Crippen LogP contribution in [0.5, 0.6) is 0 Å². The van der Waals surface area contributed by atoms with Gasteiger partial charge >= 0.3 is 45.5 Å². The van der Waals surface area contributed by atoms with Gasteiger partial charge in [0.05, 0.1) is 51.9 Å². The molecule has 0 spiro atoms. The van der Waals surface area contributed by atoms with Crippen molar-refractivity contribution in [3.8, 4) is 11.4 Å². The largest absolute Gasteiger partial charge is 1.00 e. The third kappa shape index (κ3) is 11.0. The number of rotatable bonds is 12. The molecule has 0 aliphatic carbocycles. The van der Waals surface area contributed by atoms with Crippen molar-refractivity contribution in [2.24, 2.45) is 20.5 Å². The van der Waals surface area contributed by atoms with Crippen LogP contribution in [0.2, 0.25) is 0 Å². The van der Waals surface area contributed by atoms with Crippen LogP contribution in [-0.4, -0.2) is 67.5 Å². The van der Waals surface area contributed by atoms with E-state index in [-0.39, 0.29) is 85.0 Å². The molecule has 2 heterocycles. The maximum absolute atomic E-state index is 12.6. The zero-order chi connectivity index (χ0) is 42.4. The van der Waals surface area contributed by atoms with Gasteiger partial charge in [0.15, 0.2) is 11.4 Å². The molecule has 4 aromatic carbocycles. The molecule has 0 unspecified atom stereocenters. The van der Waals surface area contributed by atoms with Crippen LogP contribution in [0.15, 0.2) is 137 Å². The van der Waals surface area contributed by atoms with E-state index in [9.17, 15) is 46.2 Å². The molecular weight excluding hydrogens is 872 g/mol. The van der Waals surface area contributed by atoms with Crippen molar-refractivity contribution < 1.29 is 88.3 Å². The molecule has 0 saturated carbocycles. The number of hydrogen-bond donors (Lipinski definition) is 5. The monoisotopic (exact) mass is 905 g/mol. The van der Waals surface area contributed by atoms with Crippen LogP contribution in [-0.2, 0) is 37.4 Å². The van der Waals surface area contributed by atoms with Crippen LogP contribution >= 0.6 is 0 Å². The molecule has 2 aromatic heterocycles. The van der Waals surface area contributed by atoms with Crippen LogP contribution in [0.25, 0.3) is 11.4 Å². The summed E-state index contributed by atoms with van der Waals surface area (Å²) in [6.07, 6.45) is 0. The first-order valence-corrected chi connectivity index (χ1v) is 19.8. The Labute approximate surface area is 374 Å². The molecule has 6 rings (SSSR count). The van der Waals surface area contributed by atoms with Gasteiger partial charge in [0.1, 0.15) is 10.6 Å². The second-order valence-electron chi connectivity index (χ2n) is 12.0. The van der Waals surface area contributed by atoms with Gasteiger partial charge in [-0.05, 0) is 81.6 Å². The summed E-state index contributed by atoms with van der Waals surface area (Å²) in [6.45, 7) is 3.26. The number of nitrogens with two attached hydrogens (primary N) is 1. The number of azo groups is 2. The van der Waals surface area contributed by atoms with Crippen molar-refractivity contribution in [3.63, 3.8) is 0 Å². The fraction of sp³-hybridized carbons (Fsp3) is 0.111. The quantitative estimate of drug-likeness (QED) is 0.0784. The third-order valence-corrected chi connectivity index (χ3v) is 11.2. The number of quaternary nitrogens is 1. The van der Waals surface area contributed by atoms with Crippen LogP contribution in [0.1, 0.15) is 32.1 Å². The average molecular weight is 906 g/mol.